The van der Waals surface area contributed by atoms with E-state index in [1.54, 1.807) is 30.3 Å². The van der Waals surface area contributed by atoms with Gasteiger partial charge in [0.15, 0.2) is 0 Å². The van der Waals surface area contributed by atoms with Gasteiger partial charge >= 0.3 is 5.97 Å². The number of anilines is 1. The summed E-state index contributed by atoms with van der Waals surface area (Å²) in [7, 11) is 0. The zero-order chi connectivity index (χ0) is 20.1. The van der Waals surface area contributed by atoms with Crippen LogP contribution in [0.25, 0.3) is 12.2 Å². The van der Waals surface area contributed by atoms with Crippen molar-refractivity contribution < 1.29 is 14.7 Å². The number of halogens is 2. The number of amides is 1. The highest BCUT2D eigenvalue weighted by Crippen LogP contribution is 2.27. The summed E-state index contributed by atoms with van der Waals surface area (Å²) < 4.78 is 0. The fourth-order valence-electron chi connectivity index (χ4n) is 2.61. The summed E-state index contributed by atoms with van der Waals surface area (Å²) in [6.45, 7) is 0. The maximum atomic E-state index is 12.6. The summed E-state index contributed by atoms with van der Waals surface area (Å²) in [4.78, 5) is 24.2. The SMILES string of the molecule is O=C(O)c1ccc(C=Cc2ccccc2)cc1NC(=O)c1c(Cl)cccc1Cl. The molecular weight excluding hydrogens is 397 g/mol. The molecule has 3 aromatic carbocycles. The van der Waals surface area contributed by atoms with Gasteiger partial charge < -0.3 is 10.4 Å². The number of carbonyl (C=O) groups is 2. The summed E-state index contributed by atoms with van der Waals surface area (Å²) in [6, 6.07) is 19.1. The molecule has 6 heteroatoms. The molecule has 140 valence electrons. The van der Waals surface area contributed by atoms with E-state index in [2.05, 4.69) is 5.32 Å². The van der Waals surface area contributed by atoms with Crippen molar-refractivity contribution in [2.24, 2.45) is 0 Å². The van der Waals surface area contributed by atoms with Crippen LogP contribution in [0.4, 0.5) is 5.69 Å². The first-order chi connectivity index (χ1) is 13.5. The lowest BCUT2D eigenvalue weighted by Gasteiger charge is -2.11. The minimum Gasteiger partial charge on any atom is -0.478 e. The first-order valence-electron chi connectivity index (χ1n) is 8.31. The zero-order valence-corrected chi connectivity index (χ0v) is 16.0. The Balaban J connectivity index is 1.93. The van der Waals surface area contributed by atoms with Crippen molar-refractivity contribution in [3.8, 4) is 0 Å². The molecule has 0 heterocycles. The molecule has 0 bridgehead atoms. The van der Waals surface area contributed by atoms with Gasteiger partial charge in [-0.05, 0) is 35.4 Å². The predicted molar refractivity (Wildman–Crippen MR) is 113 cm³/mol. The fourth-order valence-corrected chi connectivity index (χ4v) is 3.18. The van der Waals surface area contributed by atoms with E-state index in [0.717, 1.165) is 11.1 Å². The molecule has 0 aromatic heterocycles. The normalized spacial score (nSPS) is 10.8. The lowest BCUT2D eigenvalue weighted by molar-refractivity contribution is 0.0698. The number of aromatic carboxylic acids is 1. The third-order valence-corrected chi connectivity index (χ3v) is 4.61. The third kappa shape index (κ3) is 4.60. The molecule has 28 heavy (non-hydrogen) atoms. The molecule has 0 aliphatic rings. The molecule has 0 saturated heterocycles. The molecule has 0 atom stereocenters. The van der Waals surface area contributed by atoms with Crippen LogP contribution in [0, 0.1) is 0 Å². The van der Waals surface area contributed by atoms with Crippen LogP contribution in [0.5, 0.6) is 0 Å². The van der Waals surface area contributed by atoms with Crippen molar-refractivity contribution in [3.05, 3.63) is 99.0 Å². The van der Waals surface area contributed by atoms with Gasteiger partial charge in [-0.2, -0.15) is 0 Å². The molecule has 0 saturated carbocycles. The zero-order valence-electron chi connectivity index (χ0n) is 14.5. The van der Waals surface area contributed by atoms with Crippen molar-refractivity contribution in [2.75, 3.05) is 5.32 Å². The molecule has 3 aromatic rings. The Morgan fingerprint density at radius 1 is 0.821 bits per heavy atom. The Morgan fingerprint density at radius 2 is 1.46 bits per heavy atom. The van der Waals surface area contributed by atoms with E-state index in [4.69, 9.17) is 23.2 Å². The van der Waals surface area contributed by atoms with E-state index >= 15 is 0 Å². The number of hydrogen-bond acceptors (Lipinski definition) is 2. The second-order valence-corrected chi connectivity index (χ2v) is 6.72. The van der Waals surface area contributed by atoms with E-state index in [-0.39, 0.29) is 26.9 Å². The van der Waals surface area contributed by atoms with E-state index in [0.29, 0.717) is 0 Å². The molecular formula is C22H15Cl2NO3. The molecule has 0 radical (unpaired) electrons. The average molecular weight is 412 g/mol. The monoisotopic (exact) mass is 411 g/mol. The van der Waals surface area contributed by atoms with Crippen LogP contribution in [-0.4, -0.2) is 17.0 Å². The topological polar surface area (TPSA) is 66.4 Å². The van der Waals surface area contributed by atoms with Crippen molar-refractivity contribution in [1.82, 2.24) is 0 Å². The minimum absolute atomic E-state index is 0.0339. The van der Waals surface area contributed by atoms with Crippen LogP contribution in [0.15, 0.2) is 66.7 Å². The number of nitrogens with one attached hydrogen (secondary N) is 1. The molecule has 2 N–H and O–H groups in total. The van der Waals surface area contributed by atoms with Gasteiger partial charge in [0.05, 0.1) is 26.9 Å². The fraction of sp³-hybridized carbons (Fsp3) is 0. The first kappa shape index (κ1) is 19.7. The van der Waals surface area contributed by atoms with Gasteiger partial charge in [0, 0.05) is 0 Å². The van der Waals surface area contributed by atoms with Crippen molar-refractivity contribution in [3.63, 3.8) is 0 Å². The molecule has 4 nitrogen and oxygen atoms in total. The van der Waals surface area contributed by atoms with E-state index in [1.807, 2.05) is 42.5 Å². The van der Waals surface area contributed by atoms with Gasteiger partial charge in [0.2, 0.25) is 0 Å². The molecule has 0 unspecified atom stereocenters. The number of rotatable bonds is 5. The minimum atomic E-state index is -1.15. The molecule has 0 aliphatic carbocycles. The molecule has 1 amide bonds. The standard InChI is InChI=1S/C22H15Cl2NO3/c23-17-7-4-8-18(24)20(17)21(26)25-19-13-15(11-12-16(19)22(27)28)10-9-14-5-2-1-3-6-14/h1-13H,(H,25,26)(H,27,28). The van der Waals surface area contributed by atoms with Gasteiger partial charge in [-0.3, -0.25) is 4.79 Å². The Bertz CT molecular complexity index is 1040. The third-order valence-electron chi connectivity index (χ3n) is 3.98. The summed E-state index contributed by atoms with van der Waals surface area (Å²) >= 11 is 12.1. The Morgan fingerprint density at radius 3 is 2.11 bits per heavy atom. The van der Waals surface area contributed by atoms with Crippen molar-refractivity contribution in [2.45, 2.75) is 0 Å². The highest BCUT2D eigenvalue weighted by molar-refractivity contribution is 6.40. The number of benzene rings is 3. The number of carboxylic acid groups (broad SMARTS) is 1. The smallest absolute Gasteiger partial charge is 0.337 e. The predicted octanol–water partition coefficient (Wildman–Crippen LogP) is 6.11. The van der Waals surface area contributed by atoms with Crippen LogP contribution in [0.1, 0.15) is 31.8 Å². The van der Waals surface area contributed by atoms with Crippen LogP contribution < -0.4 is 5.32 Å². The van der Waals surface area contributed by atoms with Crippen molar-refractivity contribution >= 4 is 52.9 Å². The molecule has 3 rings (SSSR count). The second kappa shape index (κ2) is 8.74. The van der Waals surface area contributed by atoms with Gasteiger partial charge in [-0.25, -0.2) is 4.79 Å². The Kier molecular flexibility index (Phi) is 6.14. The molecule has 0 fully saturated rings. The van der Waals surface area contributed by atoms with Crippen LogP contribution in [0.3, 0.4) is 0 Å². The Labute approximate surface area is 172 Å². The first-order valence-corrected chi connectivity index (χ1v) is 9.07. The van der Waals surface area contributed by atoms with Gasteiger partial charge in [-0.1, -0.05) is 77.8 Å². The average Bonchev–Trinajstić information content (AvgIpc) is 2.67. The van der Waals surface area contributed by atoms with Gasteiger partial charge in [0.25, 0.3) is 5.91 Å². The van der Waals surface area contributed by atoms with Crippen LogP contribution in [-0.2, 0) is 0 Å². The van der Waals surface area contributed by atoms with E-state index in [1.165, 1.54) is 6.07 Å². The number of carboxylic acids is 1. The summed E-state index contributed by atoms with van der Waals surface area (Å²) in [5.41, 5.74) is 1.94. The molecule has 0 spiro atoms. The van der Waals surface area contributed by atoms with E-state index < -0.39 is 11.9 Å². The van der Waals surface area contributed by atoms with Gasteiger partial charge in [0.1, 0.15) is 0 Å². The molecule has 0 aliphatic heterocycles. The summed E-state index contributed by atoms with van der Waals surface area (Å²) in [5.74, 6) is -1.73. The van der Waals surface area contributed by atoms with Gasteiger partial charge in [-0.15, -0.1) is 0 Å². The van der Waals surface area contributed by atoms with Crippen LogP contribution >= 0.6 is 23.2 Å². The van der Waals surface area contributed by atoms with E-state index in [9.17, 15) is 14.7 Å². The summed E-state index contributed by atoms with van der Waals surface area (Å²) in [6.07, 6.45) is 3.73. The highest BCUT2D eigenvalue weighted by Gasteiger charge is 2.18. The second-order valence-electron chi connectivity index (χ2n) is 5.90. The number of carbonyl (C=O) groups excluding carboxylic acids is 1. The van der Waals surface area contributed by atoms with Crippen molar-refractivity contribution in [1.29, 1.82) is 0 Å². The Hall–Kier alpha value is -3.08. The highest BCUT2D eigenvalue weighted by atomic mass is 35.5. The maximum absolute atomic E-state index is 12.6. The lowest BCUT2D eigenvalue weighted by Crippen LogP contribution is -2.16. The largest absolute Gasteiger partial charge is 0.478 e. The quantitative estimate of drug-likeness (QED) is 0.497. The maximum Gasteiger partial charge on any atom is 0.337 e. The lowest BCUT2D eigenvalue weighted by atomic mass is 10.1. The van der Waals surface area contributed by atoms with Crippen LogP contribution in [0.2, 0.25) is 10.0 Å². The summed E-state index contributed by atoms with van der Waals surface area (Å²) in [5, 5.41) is 12.4. The number of hydrogen-bond donors (Lipinski definition) is 2.